The second kappa shape index (κ2) is 4.13. The Labute approximate surface area is 109 Å². The molecule has 0 spiro atoms. The number of benzene rings is 1. The maximum atomic E-state index is 12.7. The van der Waals surface area contributed by atoms with E-state index in [1.807, 2.05) is 0 Å². The minimum atomic E-state index is -4.89. The standard InChI is InChI=1S/C12H9F6NO/c1-10(5-9(20)19-10)6-2-7(11(13,14)15)4-8(3-6)12(16,17)18/h2-4H,5H2,1H3,(H,19,20). The Hall–Kier alpha value is -1.73. The van der Waals surface area contributed by atoms with Crippen molar-refractivity contribution in [3.05, 3.63) is 34.9 Å². The van der Waals surface area contributed by atoms with Gasteiger partial charge >= 0.3 is 12.4 Å². The van der Waals surface area contributed by atoms with Crippen molar-refractivity contribution in [1.82, 2.24) is 5.32 Å². The van der Waals surface area contributed by atoms with Crippen molar-refractivity contribution < 1.29 is 31.1 Å². The lowest BCUT2D eigenvalue weighted by molar-refractivity contribution is -0.143. The van der Waals surface area contributed by atoms with Gasteiger partial charge in [0.05, 0.1) is 23.1 Å². The summed E-state index contributed by atoms with van der Waals surface area (Å²) in [6.45, 7) is 1.38. The van der Waals surface area contributed by atoms with Crippen LogP contribution in [0, 0.1) is 0 Å². The van der Waals surface area contributed by atoms with Gasteiger partial charge in [0, 0.05) is 0 Å². The van der Waals surface area contributed by atoms with Gasteiger partial charge in [-0.2, -0.15) is 26.3 Å². The molecule has 2 rings (SSSR count). The summed E-state index contributed by atoms with van der Waals surface area (Å²) in [5.74, 6) is -0.418. The number of hydrogen-bond donors (Lipinski definition) is 1. The van der Waals surface area contributed by atoms with E-state index in [1.54, 1.807) is 0 Å². The van der Waals surface area contributed by atoms with Gasteiger partial charge in [0.1, 0.15) is 0 Å². The molecule has 1 aliphatic heterocycles. The molecule has 1 N–H and O–H groups in total. The molecule has 1 aliphatic rings. The van der Waals surface area contributed by atoms with Gasteiger partial charge in [-0.25, -0.2) is 0 Å². The predicted molar refractivity (Wildman–Crippen MR) is 56.6 cm³/mol. The molecule has 1 amide bonds. The number of hydrogen-bond acceptors (Lipinski definition) is 1. The molecule has 0 aliphatic carbocycles. The zero-order valence-corrected chi connectivity index (χ0v) is 10.1. The Morgan fingerprint density at radius 3 is 1.70 bits per heavy atom. The number of alkyl halides is 6. The Balaban J connectivity index is 2.55. The van der Waals surface area contributed by atoms with Crippen molar-refractivity contribution >= 4 is 5.91 Å². The Morgan fingerprint density at radius 2 is 1.40 bits per heavy atom. The lowest BCUT2D eigenvalue weighted by Gasteiger charge is -2.40. The van der Waals surface area contributed by atoms with E-state index < -0.39 is 34.9 Å². The van der Waals surface area contributed by atoms with Crippen molar-refractivity contribution in [3.63, 3.8) is 0 Å². The van der Waals surface area contributed by atoms with Crippen LogP contribution >= 0.6 is 0 Å². The topological polar surface area (TPSA) is 29.1 Å². The van der Waals surface area contributed by atoms with Crippen molar-refractivity contribution in [2.75, 3.05) is 0 Å². The summed E-state index contributed by atoms with van der Waals surface area (Å²) in [5, 5.41) is 2.32. The minimum Gasteiger partial charge on any atom is -0.346 e. The van der Waals surface area contributed by atoms with E-state index in [-0.39, 0.29) is 18.1 Å². The summed E-state index contributed by atoms with van der Waals surface area (Å²) in [7, 11) is 0. The van der Waals surface area contributed by atoms with E-state index in [2.05, 4.69) is 5.32 Å². The zero-order valence-electron chi connectivity index (χ0n) is 10.1. The quantitative estimate of drug-likeness (QED) is 0.624. The van der Waals surface area contributed by atoms with Crippen LogP contribution in [-0.2, 0) is 22.7 Å². The number of rotatable bonds is 1. The fraction of sp³-hybridized carbons (Fsp3) is 0.417. The highest BCUT2D eigenvalue weighted by atomic mass is 19.4. The van der Waals surface area contributed by atoms with Crippen LogP contribution in [0.5, 0.6) is 0 Å². The maximum Gasteiger partial charge on any atom is 0.416 e. The highest BCUT2D eigenvalue weighted by Gasteiger charge is 2.43. The molecular formula is C12H9F6NO. The van der Waals surface area contributed by atoms with Gasteiger partial charge < -0.3 is 5.32 Å². The number of carbonyl (C=O) groups is 1. The molecule has 1 aromatic carbocycles. The maximum absolute atomic E-state index is 12.7. The molecule has 0 radical (unpaired) electrons. The van der Waals surface area contributed by atoms with Gasteiger partial charge in [-0.05, 0) is 30.7 Å². The van der Waals surface area contributed by atoms with Gasteiger partial charge in [0.15, 0.2) is 0 Å². The molecule has 0 bridgehead atoms. The SMILES string of the molecule is CC1(c2cc(C(F)(F)F)cc(C(F)(F)F)c2)CC(=O)N1. The third kappa shape index (κ3) is 2.59. The van der Waals surface area contributed by atoms with Crippen LogP contribution in [0.3, 0.4) is 0 Å². The molecule has 0 saturated carbocycles. The number of carbonyl (C=O) groups excluding carboxylic acids is 1. The highest BCUT2D eigenvalue weighted by Crippen LogP contribution is 2.40. The normalized spacial score (nSPS) is 23.2. The van der Waals surface area contributed by atoms with Crippen molar-refractivity contribution in [2.45, 2.75) is 31.2 Å². The zero-order chi connectivity index (χ0) is 15.3. The Bertz CT molecular complexity index is 520. The van der Waals surface area contributed by atoms with E-state index >= 15 is 0 Å². The van der Waals surface area contributed by atoms with E-state index in [0.29, 0.717) is 12.1 Å². The molecule has 8 heteroatoms. The molecule has 1 fully saturated rings. The number of halogens is 6. The molecule has 1 saturated heterocycles. The van der Waals surface area contributed by atoms with Crippen molar-refractivity contribution in [1.29, 1.82) is 0 Å². The van der Waals surface area contributed by atoms with Crippen LogP contribution in [0.1, 0.15) is 30.0 Å². The molecule has 0 aromatic heterocycles. The molecule has 1 aromatic rings. The highest BCUT2D eigenvalue weighted by molar-refractivity contribution is 5.85. The van der Waals surface area contributed by atoms with Crippen LogP contribution in [0.25, 0.3) is 0 Å². The van der Waals surface area contributed by atoms with Crippen LogP contribution < -0.4 is 5.32 Å². The van der Waals surface area contributed by atoms with Crippen LogP contribution in [0.15, 0.2) is 18.2 Å². The summed E-state index contributed by atoms with van der Waals surface area (Å²) in [6.07, 6.45) is -9.92. The Morgan fingerprint density at radius 1 is 1.00 bits per heavy atom. The molecule has 1 atom stereocenters. The van der Waals surface area contributed by atoms with Gasteiger partial charge in [-0.3, -0.25) is 4.79 Å². The first-order valence-electron chi connectivity index (χ1n) is 5.53. The molecular weight excluding hydrogens is 288 g/mol. The second-order valence-corrected chi connectivity index (χ2v) is 4.85. The lowest BCUT2D eigenvalue weighted by atomic mass is 9.80. The van der Waals surface area contributed by atoms with E-state index in [9.17, 15) is 31.1 Å². The largest absolute Gasteiger partial charge is 0.416 e. The third-order valence-corrected chi connectivity index (χ3v) is 3.15. The van der Waals surface area contributed by atoms with Crippen molar-refractivity contribution in [2.24, 2.45) is 0 Å². The first-order valence-corrected chi connectivity index (χ1v) is 5.53. The van der Waals surface area contributed by atoms with E-state index in [4.69, 9.17) is 0 Å². The van der Waals surface area contributed by atoms with Gasteiger partial charge in [0.2, 0.25) is 5.91 Å². The monoisotopic (exact) mass is 297 g/mol. The molecule has 1 heterocycles. The molecule has 20 heavy (non-hydrogen) atoms. The fourth-order valence-electron chi connectivity index (χ4n) is 2.06. The first kappa shape index (κ1) is 14.7. The average molecular weight is 297 g/mol. The van der Waals surface area contributed by atoms with Crippen LogP contribution in [0.4, 0.5) is 26.3 Å². The van der Waals surface area contributed by atoms with Crippen molar-refractivity contribution in [3.8, 4) is 0 Å². The minimum absolute atomic E-state index is 0.0628. The smallest absolute Gasteiger partial charge is 0.346 e. The molecule has 2 nitrogen and oxygen atoms in total. The summed E-state index contributed by atoms with van der Waals surface area (Å²) in [4.78, 5) is 10.9. The summed E-state index contributed by atoms with van der Waals surface area (Å²) < 4.78 is 76.0. The first-order chi connectivity index (χ1) is 8.92. The number of nitrogens with one attached hydrogen (secondary N) is 1. The average Bonchev–Trinajstić information content (AvgIpc) is 2.24. The molecule has 110 valence electrons. The van der Waals surface area contributed by atoms with Crippen LogP contribution in [0.2, 0.25) is 0 Å². The number of amides is 1. The van der Waals surface area contributed by atoms with Gasteiger partial charge in [0.25, 0.3) is 0 Å². The second-order valence-electron chi connectivity index (χ2n) is 4.85. The van der Waals surface area contributed by atoms with Gasteiger partial charge in [-0.15, -0.1) is 0 Å². The predicted octanol–water partition coefficient (Wildman–Crippen LogP) is 3.46. The summed E-state index contributed by atoms with van der Waals surface area (Å²) >= 11 is 0. The summed E-state index contributed by atoms with van der Waals surface area (Å²) in [6, 6.07) is 1.33. The molecule has 1 unspecified atom stereocenters. The third-order valence-electron chi connectivity index (χ3n) is 3.15. The van der Waals surface area contributed by atoms with Crippen LogP contribution in [-0.4, -0.2) is 5.91 Å². The summed E-state index contributed by atoms with van der Waals surface area (Å²) in [5.41, 5.74) is -4.17. The fourth-order valence-corrected chi connectivity index (χ4v) is 2.06. The van der Waals surface area contributed by atoms with E-state index in [1.165, 1.54) is 6.92 Å². The number of β-lactam (4-membered cyclic amide) rings is 1. The van der Waals surface area contributed by atoms with Gasteiger partial charge in [-0.1, -0.05) is 0 Å². The van der Waals surface area contributed by atoms with E-state index in [0.717, 1.165) is 0 Å². The Kier molecular flexibility index (Phi) is 3.03. The lowest BCUT2D eigenvalue weighted by Crippen LogP contribution is -2.56.